The van der Waals surface area contributed by atoms with Crippen molar-refractivity contribution in [3.63, 3.8) is 0 Å². The minimum Gasteiger partial charge on any atom is -0.506 e. The van der Waals surface area contributed by atoms with Gasteiger partial charge in [0.25, 0.3) is 0 Å². The Balaban J connectivity index is 2.53. The van der Waals surface area contributed by atoms with E-state index in [9.17, 15) is 5.11 Å². The SMILES string of the molecule is NC/C=C/c1c(O)c(Br)cc2c1OCCCO2. The van der Waals surface area contributed by atoms with Gasteiger partial charge in [0.15, 0.2) is 11.5 Å². The van der Waals surface area contributed by atoms with Crippen molar-refractivity contribution >= 4 is 22.0 Å². The molecule has 0 fully saturated rings. The zero-order chi connectivity index (χ0) is 12.3. The predicted octanol–water partition coefficient (Wildman–Crippen LogP) is 2.29. The van der Waals surface area contributed by atoms with Crippen molar-refractivity contribution < 1.29 is 14.6 Å². The Morgan fingerprint density at radius 3 is 2.94 bits per heavy atom. The van der Waals surface area contributed by atoms with Crippen molar-refractivity contribution in [1.29, 1.82) is 0 Å². The van der Waals surface area contributed by atoms with E-state index in [0.29, 0.717) is 41.3 Å². The number of rotatable bonds is 2. The molecule has 0 spiro atoms. The van der Waals surface area contributed by atoms with Crippen LogP contribution >= 0.6 is 15.9 Å². The van der Waals surface area contributed by atoms with Crippen LogP contribution in [-0.2, 0) is 0 Å². The highest BCUT2D eigenvalue weighted by molar-refractivity contribution is 9.10. The van der Waals surface area contributed by atoms with E-state index in [0.717, 1.165) is 6.42 Å². The van der Waals surface area contributed by atoms with E-state index < -0.39 is 0 Å². The third-order valence-electron chi connectivity index (χ3n) is 2.42. The molecule has 1 aromatic carbocycles. The summed E-state index contributed by atoms with van der Waals surface area (Å²) in [5.41, 5.74) is 6.02. The molecule has 1 aromatic rings. The zero-order valence-electron chi connectivity index (χ0n) is 9.28. The molecule has 0 bridgehead atoms. The fourth-order valence-corrected chi connectivity index (χ4v) is 2.05. The van der Waals surface area contributed by atoms with Crippen molar-refractivity contribution in [3.8, 4) is 17.2 Å². The molecule has 0 amide bonds. The fourth-order valence-electron chi connectivity index (χ4n) is 1.63. The molecule has 17 heavy (non-hydrogen) atoms. The second-order valence-electron chi connectivity index (χ2n) is 3.64. The van der Waals surface area contributed by atoms with E-state index >= 15 is 0 Å². The Morgan fingerprint density at radius 1 is 1.41 bits per heavy atom. The number of fused-ring (bicyclic) bond motifs is 1. The lowest BCUT2D eigenvalue weighted by Gasteiger charge is -2.13. The minimum absolute atomic E-state index is 0.138. The third kappa shape index (κ3) is 2.56. The number of hydrogen-bond donors (Lipinski definition) is 2. The van der Waals surface area contributed by atoms with Crippen LogP contribution in [0.15, 0.2) is 16.6 Å². The monoisotopic (exact) mass is 299 g/mol. The summed E-state index contributed by atoms with van der Waals surface area (Å²) in [4.78, 5) is 0. The number of phenols is 1. The highest BCUT2D eigenvalue weighted by atomic mass is 79.9. The van der Waals surface area contributed by atoms with E-state index in [1.54, 1.807) is 18.2 Å². The Bertz CT molecular complexity index is 446. The maximum atomic E-state index is 10.00. The first-order chi connectivity index (χ1) is 8.24. The molecule has 0 atom stereocenters. The third-order valence-corrected chi connectivity index (χ3v) is 3.03. The molecule has 2 rings (SSSR count). The lowest BCUT2D eigenvalue weighted by atomic mass is 10.1. The lowest BCUT2D eigenvalue weighted by Crippen LogP contribution is -1.98. The van der Waals surface area contributed by atoms with Gasteiger partial charge in [-0.1, -0.05) is 12.2 Å². The summed E-state index contributed by atoms with van der Waals surface area (Å²) in [6.07, 6.45) is 4.33. The zero-order valence-corrected chi connectivity index (χ0v) is 10.9. The second-order valence-corrected chi connectivity index (χ2v) is 4.49. The van der Waals surface area contributed by atoms with Gasteiger partial charge in [-0.15, -0.1) is 0 Å². The Hall–Kier alpha value is -1.20. The average molecular weight is 300 g/mol. The maximum absolute atomic E-state index is 10.00. The number of phenolic OH excluding ortho intramolecular Hbond substituents is 1. The molecule has 1 aliphatic heterocycles. The topological polar surface area (TPSA) is 64.7 Å². The summed E-state index contributed by atoms with van der Waals surface area (Å²) in [7, 11) is 0. The van der Waals surface area contributed by atoms with Gasteiger partial charge in [0.2, 0.25) is 0 Å². The van der Waals surface area contributed by atoms with E-state index in [1.165, 1.54) is 0 Å². The molecule has 5 heteroatoms. The van der Waals surface area contributed by atoms with Crippen LogP contribution in [0.2, 0.25) is 0 Å². The first-order valence-corrected chi connectivity index (χ1v) is 6.21. The summed E-state index contributed by atoms with van der Waals surface area (Å²) in [5.74, 6) is 1.36. The van der Waals surface area contributed by atoms with Gasteiger partial charge in [-0.25, -0.2) is 0 Å². The Morgan fingerprint density at radius 2 is 2.18 bits per heavy atom. The summed E-state index contributed by atoms with van der Waals surface area (Å²) in [6.45, 7) is 1.60. The molecule has 4 nitrogen and oxygen atoms in total. The number of aromatic hydroxyl groups is 1. The Labute approximate surface area is 108 Å². The summed E-state index contributed by atoms with van der Waals surface area (Å²) in [6, 6.07) is 1.72. The van der Waals surface area contributed by atoms with Gasteiger partial charge in [0, 0.05) is 19.0 Å². The molecule has 0 radical (unpaired) electrons. The van der Waals surface area contributed by atoms with Crippen molar-refractivity contribution in [2.45, 2.75) is 6.42 Å². The van der Waals surface area contributed by atoms with E-state index in [-0.39, 0.29) is 5.75 Å². The van der Waals surface area contributed by atoms with Gasteiger partial charge < -0.3 is 20.3 Å². The molecular weight excluding hydrogens is 286 g/mol. The lowest BCUT2D eigenvalue weighted by molar-refractivity contribution is 0.296. The summed E-state index contributed by atoms with van der Waals surface area (Å²) < 4.78 is 11.8. The molecule has 0 saturated heterocycles. The van der Waals surface area contributed by atoms with Crippen molar-refractivity contribution in [1.82, 2.24) is 0 Å². The van der Waals surface area contributed by atoms with E-state index in [1.807, 2.05) is 0 Å². The van der Waals surface area contributed by atoms with E-state index in [2.05, 4.69) is 15.9 Å². The number of benzene rings is 1. The number of ether oxygens (including phenoxy) is 2. The van der Waals surface area contributed by atoms with Gasteiger partial charge in [-0.05, 0) is 15.9 Å². The minimum atomic E-state index is 0.138. The molecule has 0 aromatic heterocycles. The molecule has 1 aliphatic rings. The smallest absolute Gasteiger partial charge is 0.172 e. The van der Waals surface area contributed by atoms with Crippen LogP contribution in [0.4, 0.5) is 0 Å². The quantitative estimate of drug-likeness (QED) is 0.879. The fraction of sp³-hybridized carbons (Fsp3) is 0.333. The van der Waals surface area contributed by atoms with Crippen LogP contribution in [0.1, 0.15) is 12.0 Å². The molecule has 0 saturated carbocycles. The molecule has 0 aliphatic carbocycles. The van der Waals surface area contributed by atoms with E-state index in [4.69, 9.17) is 15.2 Å². The summed E-state index contributed by atoms with van der Waals surface area (Å²) >= 11 is 3.29. The Kier molecular flexibility index (Phi) is 3.91. The van der Waals surface area contributed by atoms with Crippen LogP contribution in [0.25, 0.3) is 6.08 Å². The number of hydrogen-bond acceptors (Lipinski definition) is 4. The second kappa shape index (κ2) is 5.42. The van der Waals surface area contributed by atoms with Gasteiger partial charge in [-0.3, -0.25) is 0 Å². The first kappa shape index (κ1) is 12.3. The van der Waals surface area contributed by atoms with Crippen molar-refractivity contribution in [2.75, 3.05) is 19.8 Å². The molecule has 92 valence electrons. The van der Waals surface area contributed by atoms with Crippen LogP contribution in [0.3, 0.4) is 0 Å². The molecule has 1 heterocycles. The van der Waals surface area contributed by atoms with Gasteiger partial charge in [0.1, 0.15) is 5.75 Å². The number of nitrogens with two attached hydrogens (primary N) is 1. The van der Waals surface area contributed by atoms with Crippen molar-refractivity contribution in [2.24, 2.45) is 5.73 Å². The standard InChI is InChI=1S/C12H14BrNO3/c13-9-7-10-12(17-6-2-5-16-10)8(11(9)15)3-1-4-14/h1,3,7,15H,2,4-6,14H2/b3-1+. The number of halogens is 1. The largest absolute Gasteiger partial charge is 0.506 e. The highest BCUT2D eigenvalue weighted by Gasteiger charge is 2.19. The van der Waals surface area contributed by atoms with Gasteiger partial charge in [0.05, 0.1) is 23.2 Å². The van der Waals surface area contributed by atoms with Crippen LogP contribution in [-0.4, -0.2) is 24.9 Å². The van der Waals surface area contributed by atoms with Gasteiger partial charge >= 0.3 is 0 Å². The predicted molar refractivity (Wildman–Crippen MR) is 69.5 cm³/mol. The summed E-state index contributed by atoms with van der Waals surface area (Å²) in [5, 5.41) is 10.00. The van der Waals surface area contributed by atoms with Gasteiger partial charge in [-0.2, -0.15) is 0 Å². The highest BCUT2D eigenvalue weighted by Crippen LogP contribution is 2.44. The molecular formula is C12H14BrNO3. The molecule has 0 unspecified atom stereocenters. The van der Waals surface area contributed by atoms with Crippen LogP contribution in [0.5, 0.6) is 17.2 Å². The van der Waals surface area contributed by atoms with Crippen LogP contribution < -0.4 is 15.2 Å². The van der Waals surface area contributed by atoms with Crippen molar-refractivity contribution in [3.05, 3.63) is 22.2 Å². The maximum Gasteiger partial charge on any atom is 0.172 e. The first-order valence-electron chi connectivity index (χ1n) is 5.41. The van der Waals surface area contributed by atoms with Crippen LogP contribution in [0, 0.1) is 0 Å². The molecule has 3 N–H and O–H groups in total. The normalized spacial score (nSPS) is 14.9. The average Bonchev–Trinajstić information content (AvgIpc) is 2.55.